The topological polar surface area (TPSA) is 15.7 Å². The molecule has 0 atom stereocenters. The van der Waals surface area contributed by atoms with Gasteiger partial charge in [-0.2, -0.15) is 0 Å². The first-order valence-electron chi connectivity index (χ1n) is 8.82. The van der Waals surface area contributed by atoms with E-state index in [1.165, 1.54) is 0 Å². The lowest BCUT2D eigenvalue weighted by Gasteiger charge is -2.41. The van der Waals surface area contributed by atoms with Crippen molar-refractivity contribution in [1.82, 2.24) is 4.90 Å². The molecule has 0 radical (unpaired) electrons. The summed E-state index contributed by atoms with van der Waals surface area (Å²) in [6, 6.07) is 6.38. The third-order valence-corrected chi connectivity index (χ3v) is 5.18. The molecule has 4 heteroatoms. The lowest BCUT2D eigenvalue weighted by atomic mass is 9.87. The summed E-state index contributed by atoms with van der Waals surface area (Å²) in [6.45, 7) is 12.0. The van der Waals surface area contributed by atoms with Gasteiger partial charge in [-0.05, 0) is 36.0 Å². The fourth-order valence-corrected chi connectivity index (χ4v) is 3.64. The highest BCUT2D eigenvalue weighted by molar-refractivity contribution is 5.50. The number of morpholine rings is 1. The number of ether oxygens (including phenoxy) is 1. The van der Waals surface area contributed by atoms with Gasteiger partial charge in [0.05, 0.1) is 18.9 Å². The van der Waals surface area contributed by atoms with Crippen molar-refractivity contribution in [2.75, 3.05) is 44.3 Å². The molecule has 0 aliphatic carbocycles. The first-order valence-corrected chi connectivity index (χ1v) is 8.82. The van der Waals surface area contributed by atoms with Crippen LogP contribution in [0.4, 0.5) is 10.1 Å². The van der Waals surface area contributed by atoms with Gasteiger partial charge in [-0.15, -0.1) is 0 Å². The van der Waals surface area contributed by atoms with Crippen LogP contribution in [-0.4, -0.2) is 50.3 Å². The average Bonchev–Trinajstić information content (AvgIpc) is 2.55. The van der Waals surface area contributed by atoms with Crippen molar-refractivity contribution in [3.63, 3.8) is 0 Å². The van der Waals surface area contributed by atoms with E-state index in [2.05, 4.69) is 36.6 Å². The van der Waals surface area contributed by atoms with E-state index in [0.29, 0.717) is 6.04 Å². The number of piperidine rings is 1. The highest BCUT2D eigenvalue weighted by Gasteiger charge is 2.27. The van der Waals surface area contributed by atoms with Gasteiger partial charge < -0.3 is 9.64 Å². The Morgan fingerprint density at radius 3 is 2.26 bits per heavy atom. The quantitative estimate of drug-likeness (QED) is 0.830. The molecule has 3 rings (SSSR count). The summed E-state index contributed by atoms with van der Waals surface area (Å²) in [5.41, 5.74) is 1.81. The van der Waals surface area contributed by atoms with Crippen LogP contribution in [0.1, 0.15) is 39.2 Å². The predicted molar refractivity (Wildman–Crippen MR) is 92.7 cm³/mol. The van der Waals surface area contributed by atoms with Gasteiger partial charge in [0.15, 0.2) is 0 Å². The highest BCUT2D eigenvalue weighted by Crippen LogP contribution is 2.30. The van der Waals surface area contributed by atoms with Crippen molar-refractivity contribution in [1.29, 1.82) is 0 Å². The molecule has 0 N–H and O–H groups in total. The number of benzene rings is 1. The van der Waals surface area contributed by atoms with Crippen molar-refractivity contribution < 1.29 is 9.13 Å². The largest absolute Gasteiger partial charge is 0.379 e. The number of anilines is 1. The van der Waals surface area contributed by atoms with Crippen molar-refractivity contribution in [3.05, 3.63) is 29.6 Å². The molecule has 1 aromatic rings. The molecule has 0 saturated carbocycles. The van der Waals surface area contributed by atoms with Crippen LogP contribution in [0.2, 0.25) is 0 Å². The van der Waals surface area contributed by atoms with Gasteiger partial charge in [0.2, 0.25) is 0 Å². The zero-order valence-corrected chi connectivity index (χ0v) is 14.6. The molecule has 128 valence electrons. The Labute approximate surface area is 139 Å². The van der Waals surface area contributed by atoms with Gasteiger partial charge in [0.25, 0.3) is 0 Å². The van der Waals surface area contributed by atoms with E-state index in [-0.39, 0.29) is 11.2 Å². The molecule has 23 heavy (non-hydrogen) atoms. The van der Waals surface area contributed by atoms with Gasteiger partial charge in [-0.25, -0.2) is 4.39 Å². The van der Waals surface area contributed by atoms with Gasteiger partial charge in [-0.3, -0.25) is 4.90 Å². The second-order valence-corrected chi connectivity index (χ2v) is 7.78. The zero-order chi connectivity index (χ0) is 16.4. The van der Waals surface area contributed by atoms with Gasteiger partial charge in [-0.1, -0.05) is 26.8 Å². The molecule has 1 aromatic carbocycles. The summed E-state index contributed by atoms with van der Waals surface area (Å²) < 4.78 is 20.0. The molecule has 0 spiro atoms. The van der Waals surface area contributed by atoms with Crippen LogP contribution in [0.5, 0.6) is 0 Å². The smallest absolute Gasteiger partial charge is 0.146 e. The Morgan fingerprint density at radius 1 is 1.04 bits per heavy atom. The minimum Gasteiger partial charge on any atom is -0.379 e. The summed E-state index contributed by atoms with van der Waals surface area (Å²) in [5.74, 6) is -0.0813. The Kier molecular flexibility index (Phi) is 4.93. The van der Waals surface area contributed by atoms with Crippen molar-refractivity contribution in [2.24, 2.45) is 0 Å². The normalized spacial score (nSPS) is 21.7. The summed E-state index contributed by atoms with van der Waals surface area (Å²) >= 11 is 0. The number of halogens is 1. The third-order valence-electron chi connectivity index (χ3n) is 5.18. The first-order chi connectivity index (χ1) is 10.9. The van der Waals surface area contributed by atoms with Crippen molar-refractivity contribution in [2.45, 2.75) is 45.1 Å². The number of rotatable bonds is 2. The summed E-state index contributed by atoms with van der Waals surface area (Å²) in [7, 11) is 0. The van der Waals surface area contributed by atoms with Crippen LogP contribution in [0.25, 0.3) is 0 Å². The van der Waals surface area contributed by atoms with Crippen molar-refractivity contribution in [3.8, 4) is 0 Å². The first kappa shape index (κ1) is 16.7. The minimum absolute atomic E-state index is 0.0112. The van der Waals surface area contributed by atoms with E-state index in [4.69, 9.17) is 4.74 Å². The number of hydrogen-bond donors (Lipinski definition) is 0. The molecule has 0 amide bonds. The summed E-state index contributed by atoms with van der Waals surface area (Å²) in [4.78, 5) is 4.75. The van der Waals surface area contributed by atoms with Crippen LogP contribution >= 0.6 is 0 Å². The molecule has 0 unspecified atom stereocenters. The lowest BCUT2D eigenvalue weighted by molar-refractivity contribution is 0.0115. The average molecular weight is 320 g/mol. The Morgan fingerprint density at radius 2 is 1.70 bits per heavy atom. The Hall–Kier alpha value is -1.13. The Bertz CT molecular complexity index is 527. The SMILES string of the molecule is CC(C)(C)c1ccc(N2CCC(N3CCOCC3)CC2)c(F)c1. The van der Waals surface area contributed by atoms with Crippen LogP contribution in [0.3, 0.4) is 0 Å². The maximum Gasteiger partial charge on any atom is 0.146 e. The molecule has 2 heterocycles. The predicted octanol–water partition coefficient (Wildman–Crippen LogP) is 3.42. The second kappa shape index (κ2) is 6.78. The molecule has 2 saturated heterocycles. The molecule has 3 nitrogen and oxygen atoms in total. The van der Waals surface area contributed by atoms with Gasteiger partial charge >= 0.3 is 0 Å². The van der Waals surface area contributed by atoms with E-state index in [9.17, 15) is 4.39 Å². The van der Waals surface area contributed by atoms with Gasteiger partial charge in [0.1, 0.15) is 5.82 Å². The fourth-order valence-electron chi connectivity index (χ4n) is 3.64. The Balaban J connectivity index is 1.63. The summed E-state index contributed by atoms with van der Waals surface area (Å²) in [6.07, 6.45) is 2.22. The number of hydrogen-bond acceptors (Lipinski definition) is 3. The molecular weight excluding hydrogens is 291 g/mol. The van der Waals surface area contributed by atoms with Crippen LogP contribution in [-0.2, 0) is 10.2 Å². The standard InChI is InChI=1S/C19H29FN2O/c1-19(2,3)15-4-5-18(17(20)14-15)22-8-6-16(7-9-22)21-10-12-23-13-11-21/h4-5,14,16H,6-13H2,1-3H3. The van der Waals surface area contributed by atoms with Crippen LogP contribution < -0.4 is 4.90 Å². The highest BCUT2D eigenvalue weighted by atomic mass is 19.1. The maximum atomic E-state index is 14.5. The van der Waals surface area contributed by atoms with Crippen molar-refractivity contribution >= 4 is 5.69 Å². The lowest BCUT2D eigenvalue weighted by Crippen LogP contribution is -2.49. The zero-order valence-electron chi connectivity index (χ0n) is 14.6. The minimum atomic E-state index is -0.0813. The van der Waals surface area contributed by atoms with E-state index >= 15 is 0 Å². The van der Waals surface area contributed by atoms with Crippen LogP contribution in [0.15, 0.2) is 18.2 Å². The molecule has 2 aliphatic heterocycles. The van der Waals surface area contributed by atoms with Gasteiger partial charge in [0, 0.05) is 32.2 Å². The van der Waals surface area contributed by atoms with Crippen LogP contribution in [0, 0.1) is 5.82 Å². The molecule has 2 fully saturated rings. The molecule has 0 aromatic heterocycles. The maximum absolute atomic E-state index is 14.5. The third kappa shape index (κ3) is 3.86. The number of nitrogens with zero attached hydrogens (tertiary/aromatic N) is 2. The van der Waals surface area contributed by atoms with E-state index in [1.807, 2.05) is 6.07 Å². The monoisotopic (exact) mass is 320 g/mol. The summed E-state index contributed by atoms with van der Waals surface area (Å²) in [5, 5.41) is 0. The van der Waals surface area contributed by atoms with E-state index < -0.39 is 0 Å². The fraction of sp³-hybridized carbons (Fsp3) is 0.684. The molecule has 0 bridgehead atoms. The van der Waals surface area contributed by atoms with E-state index in [1.54, 1.807) is 6.07 Å². The second-order valence-electron chi connectivity index (χ2n) is 7.78. The van der Waals surface area contributed by atoms with E-state index in [0.717, 1.165) is 63.5 Å². The molecular formula is C19H29FN2O. The molecule has 2 aliphatic rings.